The van der Waals surface area contributed by atoms with E-state index in [1.165, 1.54) is 37.5 Å². The van der Waals surface area contributed by atoms with Crippen LogP contribution >= 0.6 is 0 Å². The third kappa shape index (κ3) is 6.15. The Morgan fingerprint density at radius 2 is 1.55 bits per heavy atom. The van der Waals surface area contributed by atoms with Gasteiger partial charge in [-0.25, -0.2) is 8.42 Å². The number of benzene rings is 2. The lowest BCUT2D eigenvalue weighted by Gasteiger charge is -2.20. The normalized spacial score (nSPS) is 16.8. The molecule has 1 atom stereocenters. The molecule has 1 aliphatic rings. The second kappa shape index (κ2) is 9.55. The topological polar surface area (TPSA) is 66.5 Å². The van der Waals surface area contributed by atoms with E-state index in [4.69, 9.17) is 0 Å². The van der Waals surface area contributed by atoms with Crippen molar-refractivity contribution >= 4 is 15.7 Å². The van der Waals surface area contributed by atoms with Gasteiger partial charge in [0.25, 0.3) is 5.91 Å². The van der Waals surface area contributed by atoms with Crippen LogP contribution in [0, 0.1) is 0 Å². The lowest BCUT2D eigenvalue weighted by Crippen LogP contribution is -2.27. The van der Waals surface area contributed by atoms with Crippen molar-refractivity contribution in [2.24, 2.45) is 0 Å². The molecule has 29 heavy (non-hydrogen) atoms. The molecule has 1 saturated heterocycles. The van der Waals surface area contributed by atoms with E-state index in [9.17, 15) is 13.2 Å². The summed E-state index contributed by atoms with van der Waals surface area (Å²) in [5.41, 5.74) is 2.72. The molecule has 0 aromatic heterocycles. The number of likely N-dealkylation sites (tertiary alicyclic amines) is 1. The molecule has 6 heteroatoms. The Morgan fingerprint density at radius 1 is 0.966 bits per heavy atom. The Bertz CT molecular complexity index is 914. The summed E-state index contributed by atoms with van der Waals surface area (Å²) >= 11 is 0. The van der Waals surface area contributed by atoms with Crippen molar-refractivity contribution in [3.05, 3.63) is 65.2 Å². The molecule has 1 amide bonds. The van der Waals surface area contributed by atoms with Crippen LogP contribution in [0.4, 0.5) is 0 Å². The SMILES string of the molecule is C[C@H](NC(=O)c1ccc(CN2CCCCCC2)cc1)c1ccc(S(C)(=O)=O)cc1. The number of nitrogens with one attached hydrogen (secondary N) is 1. The lowest BCUT2D eigenvalue weighted by atomic mass is 10.1. The van der Waals surface area contributed by atoms with E-state index >= 15 is 0 Å². The first-order valence-electron chi connectivity index (χ1n) is 10.2. The largest absolute Gasteiger partial charge is 0.346 e. The average molecular weight is 415 g/mol. The third-order valence-electron chi connectivity index (χ3n) is 5.48. The Labute approximate surface area is 174 Å². The minimum Gasteiger partial charge on any atom is -0.346 e. The van der Waals surface area contributed by atoms with Crippen molar-refractivity contribution in [2.45, 2.75) is 50.1 Å². The van der Waals surface area contributed by atoms with E-state index in [1.807, 2.05) is 31.2 Å². The number of sulfone groups is 1. The molecule has 0 spiro atoms. The zero-order valence-corrected chi connectivity index (χ0v) is 18.0. The van der Waals surface area contributed by atoms with E-state index in [2.05, 4.69) is 10.2 Å². The highest BCUT2D eigenvalue weighted by Gasteiger charge is 2.14. The first-order valence-corrected chi connectivity index (χ1v) is 12.1. The van der Waals surface area contributed by atoms with Crippen molar-refractivity contribution in [2.75, 3.05) is 19.3 Å². The van der Waals surface area contributed by atoms with Crippen molar-refractivity contribution < 1.29 is 13.2 Å². The van der Waals surface area contributed by atoms with Gasteiger partial charge in [0.05, 0.1) is 10.9 Å². The fourth-order valence-corrected chi connectivity index (χ4v) is 4.31. The Hall–Kier alpha value is -2.18. The zero-order valence-electron chi connectivity index (χ0n) is 17.2. The molecular formula is C23H30N2O3S. The van der Waals surface area contributed by atoms with Crippen LogP contribution in [0.1, 0.15) is 60.1 Å². The van der Waals surface area contributed by atoms with Gasteiger partial charge in [-0.05, 0) is 68.2 Å². The van der Waals surface area contributed by atoms with Crippen molar-refractivity contribution in [3.63, 3.8) is 0 Å². The molecule has 2 aromatic rings. The molecule has 0 saturated carbocycles. The van der Waals surface area contributed by atoms with Crippen LogP contribution in [-0.2, 0) is 16.4 Å². The number of hydrogen-bond acceptors (Lipinski definition) is 4. The highest BCUT2D eigenvalue weighted by Crippen LogP contribution is 2.18. The van der Waals surface area contributed by atoms with Gasteiger partial charge < -0.3 is 5.32 Å². The minimum atomic E-state index is -3.22. The van der Waals surface area contributed by atoms with Crippen LogP contribution in [0.5, 0.6) is 0 Å². The smallest absolute Gasteiger partial charge is 0.251 e. The molecule has 0 bridgehead atoms. The van der Waals surface area contributed by atoms with Crippen molar-refractivity contribution in [1.82, 2.24) is 10.2 Å². The van der Waals surface area contributed by atoms with Crippen molar-refractivity contribution in [1.29, 1.82) is 0 Å². The predicted octanol–water partition coefficient (Wildman–Crippen LogP) is 3.96. The highest BCUT2D eigenvalue weighted by atomic mass is 32.2. The molecular weight excluding hydrogens is 384 g/mol. The molecule has 3 rings (SSSR count). The number of carbonyl (C=O) groups is 1. The summed E-state index contributed by atoms with van der Waals surface area (Å²) in [4.78, 5) is 15.4. The molecule has 0 unspecified atom stereocenters. The monoisotopic (exact) mass is 414 g/mol. The quantitative estimate of drug-likeness (QED) is 0.777. The number of carbonyl (C=O) groups excluding carboxylic acids is 1. The maximum Gasteiger partial charge on any atom is 0.251 e. The van der Waals surface area contributed by atoms with Crippen LogP contribution < -0.4 is 5.32 Å². The van der Waals surface area contributed by atoms with Crippen LogP contribution in [0.25, 0.3) is 0 Å². The first-order chi connectivity index (χ1) is 13.8. The predicted molar refractivity (Wildman–Crippen MR) is 116 cm³/mol. The fraction of sp³-hybridized carbons (Fsp3) is 0.435. The van der Waals surface area contributed by atoms with Gasteiger partial charge in [-0.15, -0.1) is 0 Å². The van der Waals surface area contributed by atoms with Gasteiger partial charge in [-0.1, -0.05) is 37.1 Å². The van der Waals surface area contributed by atoms with Gasteiger partial charge in [0.2, 0.25) is 0 Å². The fourth-order valence-electron chi connectivity index (χ4n) is 3.68. The number of amides is 1. The third-order valence-corrected chi connectivity index (χ3v) is 6.61. The van der Waals surface area contributed by atoms with Gasteiger partial charge in [0, 0.05) is 18.4 Å². The molecule has 0 radical (unpaired) electrons. The zero-order chi connectivity index (χ0) is 20.9. The molecule has 1 fully saturated rings. The highest BCUT2D eigenvalue weighted by molar-refractivity contribution is 7.90. The Balaban J connectivity index is 1.58. The molecule has 2 aromatic carbocycles. The van der Waals surface area contributed by atoms with E-state index in [-0.39, 0.29) is 16.8 Å². The van der Waals surface area contributed by atoms with E-state index in [0.717, 1.165) is 25.2 Å². The number of nitrogens with zero attached hydrogens (tertiary/aromatic N) is 1. The molecule has 0 aliphatic carbocycles. The van der Waals surface area contributed by atoms with E-state index in [1.54, 1.807) is 24.3 Å². The average Bonchev–Trinajstić information content (AvgIpc) is 2.96. The van der Waals surface area contributed by atoms with Gasteiger partial charge in [0.15, 0.2) is 9.84 Å². The molecule has 1 aliphatic heterocycles. The van der Waals surface area contributed by atoms with Crippen LogP contribution in [-0.4, -0.2) is 38.6 Å². The summed E-state index contributed by atoms with van der Waals surface area (Å²) in [7, 11) is -3.22. The number of hydrogen-bond donors (Lipinski definition) is 1. The van der Waals surface area contributed by atoms with Gasteiger partial charge >= 0.3 is 0 Å². The molecule has 1 N–H and O–H groups in total. The van der Waals surface area contributed by atoms with Gasteiger partial charge in [0.1, 0.15) is 0 Å². The van der Waals surface area contributed by atoms with Crippen molar-refractivity contribution in [3.8, 4) is 0 Å². The van der Waals surface area contributed by atoms with Crippen LogP contribution in [0.3, 0.4) is 0 Å². The lowest BCUT2D eigenvalue weighted by molar-refractivity contribution is 0.0940. The minimum absolute atomic E-state index is 0.133. The summed E-state index contributed by atoms with van der Waals surface area (Å²) in [6.07, 6.45) is 6.37. The number of rotatable bonds is 6. The van der Waals surface area contributed by atoms with Gasteiger partial charge in [-0.3, -0.25) is 9.69 Å². The van der Waals surface area contributed by atoms with E-state index < -0.39 is 9.84 Å². The summed E-state index contributed by atoms with van der Waals surface area (Å²) in [5.74, 6) is -0.133. The molecule has 5 nitrogen and oxygen atoms in total. The van der Waals surface area contributed by atoms with Crippen LogP contribution in [0.2, 0.25) is 0 Å². The Kier molecular flexibility index (Phi) is 7.09. The molecule has 1 heterocycles. The van der Waals surface area contributed by atoms with Gasteiger partial charge in [-0.2, -0.15) is 0 Å². The second-order valence-electron chi connectivity index (χ2n) is 7.92. The summed E-state index contributed by atoms with van der Waals surface area (Å²) < 4.78 is 23.1. The maximum atomic E-state index is 12.6. The van der Waals surface area contributed by atoms with E-state index in [0.29, 0.717) is 5.56 Å². The second-order valence-corrected chi connectivity index (χ2v) is 9.94. The standard InChI is InChI=1S/C23H30N2O3S/c1-18(20-11-13-22(14-12-20)29(2,27)28)24-23(26)21-9-7-19(8-10-21)17-25-15-5-3-4-6-16-25/h7-14,18H,3-6,15-17H2,1-2H3,(H,24,26)/t18-/m0/s1. The Morgan fingerprint density at radius 3 is 2.10 bits per heavy atom. The van der Waals surface area contributed by atoms with Crippen LogP contribution in [0.15, 0.2) is 53.4 Å². The molecule has 156 valence electrons. The summed E-state index contributed by atoms with van der Waals surface area (Å²) in [6.45, 7) is 5.13. The summed E-state index contributed by atoms with van der Waals surface area (Å²) in [5, 5.41) is 2.98. The maximum absolute atomic E-state index is 12.6. The first kappa shape index (κ1) is 21.5. The summed E-state index contributed by atoms with van der Waals surface area (Å²) in [6, 6.07) is 14.2.